The van der Waals surface area contributed by atoms with Crippen LogP contribution in [0.15, 0.2) is 0 Å². The molecule has 0 aromatic heterocycles. The molecule has 24 heavy (non-hydrogen) atoms. The zero-order valence-electron chi connectivity index (χ0n) is 12.9. The molecule has 138 valence electrons. The molecule has 0 saturated carbocycles. The molecule has 0 fully saturated rings. The van der Waals surface area contributed by atoms with Crippen molar-refractivity contribution < 1.29 is 29.4 Å². The van der Waals surface area contributed by atoms with Gasteiger partial charge in [0.15, 0.2) is 0 Å². The van der Waals surface area contributed by atoms with E-state index >= 15 is 0 Å². The van der Waals surface area contributed by atoms with Crippen LogP contribution in [-0.2, 0) is 19.2 Å². The standard InChI is InChI=1S/C12H22N4O6S2/c13-7(11(21)15-5-9(17)18)1-3-23-24-4-2-8(14)12(22)16-6-10(19)20/h7-8H,1-6,13-14H2,(H,15,21)(H,16,22)(H,17,18)(H,19,20)/t7-,8+. The molecule has 0 spiro atoms. The third-order valence-corrected chi connectivity index (χ3v) is 5.08. The van der Waals surface area contributed by atoms with E-state index in [4.69, 9.17) is 21.7 Å². The summed E-state index contributed by atoms with van der Waals surface area (Å²) >= 11 is 0. The molecule has 0 aliphatic rings. The van der Waals surface area contributed by atoms with E-state index in [1.165, 1.54) is 21.6 Å². The lowest BCUT2D eigenvalue weighted by Crippen LogP contribution is -2.43. The lowest BCUT2D eigenvalue weighted by Gasteiger charge is -2.12. The van der Waals surface area contributed by atoms with E-state index in [-0.39, 0.29) is 0 Å². The molecule has 0 bridgehead atoms. The molecule has 0 rings (SSSR count). The average Bonchev–Trinajstić information content (AvgIpc) is 2.52. The van der Waals surface area contributed by atoms with Gasteiger partial charge in [0.05, 0.1) is 12.1 Å². The van der Waals surface area contributed by atoms with E-state index in [0.717, 1.165) is 0 Å². The van der Waals surface area contributed by atoms with Crippen LogP contribution in [0, 0.1) is 0 Å². The molecule has 0 aromatic carbocycles. The fraction of sp³-hybridized carbons (Fsp3) is 0.667. The normalized spacial score (nSPS) is 12.9. The number of amides is 2. The van der Waals surface area contributed by atoms with Gasteiger partial charge in [0.2, 0.25) is 11.8 Å². The van der Waals surface area contributed by atoms with Gasteiger partial charge in [0.1, 0.15) is 13.1 Å². The van der Waals surface area contributed by atoms with Crippen molar-refractivity contribution in [3.63, 3.8) is 0 Å². The van der Waals surface area contributed by atoms with Gasteiger partial charge in [-0.05, 0) is 12.8 Å². The van der Waals surface area contributed by atoms with Crippen LogP contribution < -0.4 is 22.1 Å². The van der Waals surface area contributed by atoms with Crippen LogP contribution in [0.2, 0.25) is 0 Å². The number of carboxylic acid groups (broad SMARTS) is 2. The van der Waals surface area contributed by atoms with Crippen LogP contribution in [0.5, 0.6) is 0 Å². The summed E-state index contributed by atoms with van der Waals surface area (Å²) in [6.45, 7) is -0.924. The summed E-state index contributed by atoms with van der Waals surface area (Å²) in [7, 11) is 2.91. The predicted octanol–water partition coefficient (Wildman–Crippen LogP) is -1.80. The Bertz CT molecular complexity index is 411. The Morgan fingerprint density at radius 2 is 1.12 bits per heavy atom. The highest BCUT2D eigenvalue weighted by atomic mass is 33.1. The van der Waals surface area contributed by atoms with Gasteiger partial charge >= 0.3 is 11.9 Å². The summed E-state index contributed by atoms with van der Waals surface area (Å²) in [4.78, 5) is 43.5. The van der Waals surface area contributed by atoms with E-state index in [1.807, 2.05) is 0 Å². The first kappa shape index (κ1) is 22.5. The molecule has 8 N–H and O–H groups in total. The van der Waals surface area contributed by atoms with E-state index < -0.39 is 48.9 Å². The zero-order chi connectivity index (χ0) is 18.5. The highest BCUT2D eigenvalue weighted by Gasteiger charge is 2.15. The maximum atomic E-state index is 11.4. The highest BCUT2D eigenvalue weighted by molar-refractivity contribution is 8.76. The smallest absolute Gasteiger partial charge is 0.322 e. The minimum atomic E-state index is -1.13. The number of rotatable bonds is 13. The van der Waals surface area contributed by atoms with Crippen LogP contribution in [-0.4, -0.2) is 70.6 Å². The van der Waals surface area contributed by atoms with Crippen molar-refractivity contribution in [3.05, 3.63) is 0 Å². The molecule has 0 saturated heterocycles. The van der Waals surface area contributed by atoms with Crippen molar-refractivity contribution in [2.24, 2.45) is 11.5 Å². The fourth-order valence-corrected chi connectivity index (χ4v) is 3.54. The summed E-state index contributed by atoms with van der Waals surface area (Å²) in [5.41, 5.74) is 11.2. The van der Waals surface area contributed by atoms with E-state index in [0.29, 0.717) is 24.3 Å². The van der Waals surface area contributed by atoms with E-state index in [1.54, 1.807) is 0 Å². The molecule has 0 aliphatic heterocycles. The quantitative estimate of drug-likeness (QED) is 0.157. The van der Waals surface area contributed by atoms with E-state index in [9.17, 15) is 19.2 Å². The van der Waals surface area contributed by atoms with Gasteiger partial charge in [0, 0.05) is 11.5 Å². The summed E-state index contributed by atoms with van der Waals surface area (Å²) < 4.78 is 0. The van der Waals surface area contributed by atoms with Crippen molar-refractivity contribution in [3.8, 4) is 0 Å². The summed E-state index contributed by atoms with van der Waals surface area (Å²) in [5.74, 6) is -2.15. The predicted molar refractivity (Wildman–Crippen MR) is 91.4 cm³/mol. The number of hydrogen-bond acceptors (Lipinski definition) is 8. The van der Waals surface area contributed by atoms with Crippen molar-refractivity contribution >= 4 is 45.3 Å². The minimum absolute atomic E-state index is 0.383. The molecule has 0 heterocycles. The van der Waals surface area contributed by atoms with Crippen LogP contribution in [0.1, 0.15) is 12.8 Å². The first-order chi connectivity index (χ1) is 11.2. The van der Waals surface area contributed by atoms with Crippen molar-refractivity contribution in [2.45, 2.75) is 24.9 Å². The maximum absolute atomic E-state index is 11.4. The molecule has 2 atom stereocenters. The van der Waals surface area contributed by atoms with Crippen LogP contribution in [0.3, 0.4) is 0 Å². The maximum Gasteiger partial charge on any atom is 0.322 e. The van der Waals surface area contributed by atoms with Gasteiger partial charge in [-0.2, -0.15) is 0 Å². The molecule has 0 radical (unpaired) electrons. The summed E-state index contributed by atoms with van der Waals surface area (Å²) in [5, 5.41) is 21.3. The van der Waals surface area contributed by atoms with Crippen LogP contribution in [0.25, 0.3) is 0 Å². The molecule has 10 nitrogen and oxygen atoms in total. The first-order valence-corrected chi connectivity index (χ1v) is 9.47. The Hall–Kier alpha value is -1.50. The van der Waals surface area contributed by atoms with Crippen molar-refractivity contribution in [1.29, 1.82) is 0 Å². The van der Waals surface area contributed by atoms with Crippen molar-refractivity contribution in [2.75, 3.05) is 24.6 Å². The molecule has 0 aromatic rings. The number of nitrogens with two attached hydrogens (primary N) is 2. The van der Waals surface area contributed by atoms with Crippen LogP contribution in [0.4, 0.5) is 0 Å². The van der Waals surface area contributed by atoms with Gasteiger partial charge in [0.25, 0.3) is 0 Å². The van der Waals surface area contributed by atoms with Gasteiger partial charge in [-0.25, -0.2) is 0 Å². The largest absolute Gasteiger partial charge is 0.480 e. The zero-order valence-corrected chi connectivity index (χ0v) is 14.5. The highest BCUT2D eigenvalue weighted by Crippen LogP contribution is 2.23. The van der Waals surface area contributed by atoms with E-state index in [2.05, 4.69) is 10.6 Å². The second-order valence-electron chi connectivity index (χ2n) is 4.66. The fourth-order valence-electron chi connectivity index (χ4n) is 1.32. The van der Waals surface area contributed by atoms with Gasteiger partial charge in [-0.1, -0.05) is 21.6 Å². The second-order valence-corrected chi connectivity index (χ2v) is 7.36. The number of nitrogens with one attached hydrogen (secondary N) is 2. The third kappa shape index (κ3) is 12.0. The van der Waals surface area contributed by atoms with Gasteiger partial charge < -0.3 is 32.3 Å². The van der Waals surface area contributed by atoms with Gasteiger partial charge in [-0.3, -0.25) is 19.2 Å². The lowest BCUT2D eigenvalue weighted by atomic mass is 10.2. The Morgan fingerprint density at radius 1 is 0.792 bits per heavy atom. The average molecular weight is 382 g/mol. The first-order valence-electron chi connectivity index (χ1n) is 6.98. The third-order valence-electron chi connectivity index (χ3n) is 2.61. The molecule has 12 heteroatoms. The lowest BCUT2D eigenvalue weighted by molar-refractivity contribution is -0.138. The second kappa shape index (κ2) is 12.9. The SMILES string of the molecule is N[C@H](CCSSCC[C@H](N)C(=O)NCC(=O)O)C(=O)NCC(=O)O. The number of carbonyl (C=O) groups excluding carboxylic acids is 2. The summed E-state index contributed by atoms with van der Waals surface area (Å²) in [6, 6.07) is -1.55. The molecule has 0 aliphatic carbocycles. The molecule has 0 unspecified atom stereocenters. The Balaban J connectivity index is 3.68. The number of hydrogen-bond donors (Lipinski definition) is 6. The number of carbonyl (C=O) groups is 4. The Labute approximate surface area is 146 Å². The molecular weight excluding hydrogens is 360 g/mol. The Kier molecular flexibility index (Phi) is 12.1. The summed E-state index contributed by atoms with van der Waals surface area (Å²) in [6.07, 6.45) is 0.766. The molecule has 2 amide bonds. The van der Waals surface area contributed by atoms with Gasteiger partial charge in [-0.15, -0.1) is 0 Å². The molecular formula is C12H22N4O6S2. The Morgan fingerprint density at radius 3 is 1.42 bits per heavy atom. The topological polar surface area (TPSA) is 185 Å². The number of aliphatic carboxylic acids is 2. The monoisotopic (exact) mass is 382 g/mol. The van der Waals surface area contributed by atoms with Crippen LogP contribution >= 0.6 is 21.6 Å². The minimum Gasteiger partial charge on any atom is -0.480 e. The van der Waals surface area contributed by atoms with Crippen molar-refractivity contribution in [1.82, 2.24) is 10.6 Å². The number of carboxylic acids is 2.